The Balaban J connectivity index is 2.95. The average molecular weight is 162 g/mol. The molecule has 0 spiro atoms. The summed E-state index contributed by atoms with van der Waals surface area (Å²) in [5.74, 6) is 0.947. The zero-order chi connectivity index (χ0) is 8.97. The number of hydrogen-bond donors (Lipinski definition) is 1. The fourth-order valence-electron chi connectivity index (χ4n) is 1.13. The predicted octanol–water partition coefficient (Wildman–Crippen LogP) is 1.68. The van der Waals surface area contributed by atoms with Crippen LogP contribution >= 0.6 is 0 Å². The van der Waals surface area contributed by atoms with Crippen molar-refractivity contribution in [1.82, 2.24) is 5.32 Å². The molecule has 2 heteroatoms. The highest BCUT2D eigenvalue weighted by molar-refractivity contribution is 6.02. The minimum absolute atomic E-state index is 0.858. The van der Waals surface area contributed by atoms with E-state index in [1.54, 1.807) is 0 Å². The summed E-state index contributed by atoms with van der Waals surface area (Å²) < 4.78 is 0. The zero-order valence-corrected chi connectivity index (χ0v) is 7.43. The molecule has 64 valence electrons. The number of nitrogens with one attached hydrogen (secondary N) is 1. The number of hydrogen-bond acceptors (Lipinski definition) is 2. The third-order valence-electron chi connectivity index (χ3n) is 1.86. The average Bonchev–Trinajstić information content (AvgIpc) is 2.58. The van der Waals surface area contributed by atoms with Gasteiger partial charge < -0.3 is 5.32 Å². The van der Waals surface area contributed by atoms with E-state index in [1.165, 1.54) is 0 Å². The van der Waals surface area contributed by atoms with Gasteiger partial charge in [0.05, 0.1) is 6.54 Å². The molecule has 0 amide bonds. The molecule has 0 bridgehead atoms. The fourth-order valence-corrected chi connectivity index (χ4v) is 1.13. The molecule has 0 aromatic carbocycles. The number of aliphatic imine (C=N–C) groups is 1. The van der Waals surface area contributed by atoms with Gasteiger partial charge in [0.15, 0.2) is 0 Å². The number of amidine groups is 1. The minimum Gasteiger partial charge on any atom is -0.368 e. The van der Waals surface area contributed by atoms with Gasteiger partial charge in [-0.25, -0.2) is 0 Å². The second-order valence-corrected chi connectivity index (χ2v) is 2.66. The minimum atomic E-state index is 0.858. The molecular weight excluding hydrogens is 148 g/mol. The Labute approximate surface area is 73.4 Å². The van der Waals surface area contributed by atoms with Crippen LogP contribution in [0.4, 0.5) is 0 Å². The Morgan fingerprint density at radius 3 is 2.67 bits per heavy atom. The smallest absolute Gasteiger partial charge is 0.128 e. The summed E-state index contributed by atoms with van der Waals surface area (Å²) >= 11 is 0. The summed E-state index contributed by atoms with van der Waals surface area (Å²) in [7, 11) is 0. The van der Waals surface area contributed by atoms with Crippen molar-refractivity contribution in [2.45, 2.75) is 6.92 Å². The first-order chi connectivity index (χ1) is 5.79. The number of nitrogens with zero attached hydrogens (tertiary/aromatic N) is 1. The molecule has 0 aliphatic carbocycles. The van der Waals surface area contributed by atoms with Crippen LogP contribution in [-0.2, 0) is 0 Å². The van der Waals surface area contributed by atoms with Crippen LogP contribution in [0.15, 0.2) is 41.4 Å². The van der Waals surface area contributed by atoms with Crippen molar-refractivity contribution in [1.29, 1.82) is 0 Å². The van der Waals surface area contributed by atoms with Crippen molar-refractivity contribution in [3.05, 3.63) is 36.5 Å². The maximum Gasteiger partial charge on any atom is 0.128 e. The molecule has 0 unspecified atom stereocenters. The van der Waals surface area contributed by atoms with E-state index in [0.717, 1.165) is 30.1 Å². The maximum absolute atomic E-state index is 4.30. The summed E-state index contributed by atoms with van der Waals surface area (Å²) in [4.78, 5) is 4.30. The molecule has 0 saturated heterocycles. The van der Waals surface area contributed by atoms with Gasteiger partial charge in [0.2, 0.25) is 0 Å². The molecule has 1 aliphatic heterocycles. The SMILES string of the molecule is C=C/C(C)=C(\C=C)C1=NCCN1. The van der Waals surface area contributed by atoms with E-state index in [-0.39, 0.29) is 0 Å². The van der Waals surface area contributed by atoms with Gasteiger partial charge in [-0.3, -0.25) is 4.99 Å². The normalized spacial score (nSPS) is 17.6. The largest absolute Gasteiger partial charge is 0.368 e. The molecule has 0 saturated carbocycles. The molecular formula is C10H14N2. The molecule has 12 heavy (non-hydrogen) atoms. The van der Waals surface area contributed by atoms with Crippen LogP contribution < -0.4 is 5.32 Å². The van der Waals surface area contributed by atoms with Gasteiger partial charge in [-0.2, -0.15) is 0 Å². The second kappa shape index (κ2) is 3.90. The van der Waals surface area contributed by atoms with Crippen molar-refractivity contribution < 1.29 is 0 Å². The van der Waals surface area contributed by atoms with Gasteiger partial charge in [0.1, 0.15) is 5.84 Å². The summed E-state index contributed by atoms with van der Waals surface area (Å²) in [5, 5.41) is 3.20. The van der Waals surface area contributed by atoms with Crippen LogP contribution in [0.3, 0.4) is 0 Å². The molecule has 1 heterocycles. The molecule has 0 radical (unpaired) electrons. The Bertz CT molecular complexity index is 259. The first-order valence-electron chi connectivity index (χ1n) is 4.04. The first kappa shape index (κ1) is 8.78. The van der Waals surface area contributed by atoms with Gasteiger partial charge in [-0.05, 0) is 12.5 Å². The van der Waals surface area contributed by atoms with Crippen molar-refractivity contribution >= 4 is 5.84 Å². The van der Waals surface area contributed by atoms with Gasteiger partial charge >= 0.3 is 0 Å². The van der Waals surface area contributed by atoms with Crippen molar-refractivity contribution in [3.8, 4) is 0 Å². The van der Waals surface area contributed by atoms with E-state index in [4.69, 9.17) is 0 Å². The lowest BCUT2D eigenvalue weighted by molar-refractivity contribution is 0.960. The number of allylic oxidation sites excluding steroid dienone is 2. The highest BCUT2D eigenvalue weighted by Crippen LogP contribution is 2.09. The molecule has 1 rings (SSSR count). The van der Waals surface area contributed by atoms with Crippen molar-refractivity contribution in [3.63, 3.8) is 0 Å². The van der Waals surface area contributed by atoms with E-state index in [9.17, 15) is 0 Å². The Morgan fingerprint density at radius 1 is 1.50 bits per heavy atom. The van der Waals surface area contributed by atoms with Crippen LogP contribution in [0.2, 0.25) is 0 Å². The monoisotopic (exact) mass is 162 g/mol. The van der Waals surface area contributed by atoms with Crippen LogP contribution in [0, 0.1) is 0 Å². The van der Waals surface area contributed by atoms with Crippen molar-refractivity contribution in [2.75, 3.05) is 13.1 Å². The highest BCUT2D eigenvalue weighted by Gasteiger charge is 2.08. The van der Waals surface area contributed by atoms with Gasteiger partial charge in [-0.1, -0.05) is 25.3 Å². The summed E-state index contributed by atoms with van der Waals surface area (Å²) in [6.45, 7) is 11.3. The zero-order valence-electron chi connectivity index (χ0n) is 7.43. The topological polar surface area (TPSA) is 24.4 Å². The van der Waals surface area contributed by atoms with Crippen LogP contribution in [0.25, 0.3) is 0 Å². The third-order valence-corrected chi connectivity index (χ3v) is 1.86. The molecule has 2 nitrogen and oxygen atoms in total. The molecule has 0 atom stereocenters. The molecule has 0 aromatic rings. The molecule has 1 aliphatic rings. The summed E-state index contributed by atoms with van der Waals surface area (Å²) in [6.07, 6.45) is 3.63. The van der Waals surface area contributed by atoms with E-state index in [1.807, 2.05) is 19.1 Å². The Kier molecular flexibility index (Phi) is 2.86. The van der Waals surface area contributed by atoms with Crippen LogP contribution in [-0.4, -0.2) is 18.9 Å². The summed E-state index contributed by atoms with van der Waals surface area (Å²) in [5.41, 5.74) is 2.17. The second-order valence-electron chi connectivity index (χ2n) is 2.66. The molecule has 1 N–H and O–H groups in total. The summed E-state index contributed by atoms with van der Waals surface area (Å²) in [6, 6.07) is 0. The van der Waals surface area contributed by atoms with Gasteiger partial charge in [0, 0.05) is 12.1 Å². The van der Waals surface area contributed by atoms with Gasteiger partial charge in [-0.15, -0.1) is 0 Å². The van der Waals surface area contributed by atoms with E-state index in [2.05, 4.69) is 23.5 Å². The standard InChI is InChI=1S/C10H14N2/c1-4-8(3)9(5-2)10-11-6-7-12-10/h4-5H,1-2,6-7H2,3H3,(H,11,12)/b9-8+. The lowest BCUT2D eigenvalue weighted by Crippen LogP contribution is -2.20. The van der Waals surface area contributed by atoms with Crippen LogP contribution in [0.1, 0.15) is 6.92 Å². The van der Waals surface area contributed by atoms with E-state index < -0.39 is 0 Å². The Hall–Kier alpha value is -1.31. The quantitative estimate of drug-likeness (QED) is 0.627. The lowest BCUT2D eigenvalue weighted by Gasteiger charge is -2.04. The maximum atomic E-state index is 4.30. The number of rotatable bonds is 3. The van der Waals surface area contributed by atoms with E-state index >= 15 is 0 Å². The van der Waals surface area contributed by atoms with E-state index in [0.29, 0.717) is 0 Å². The molecule has 0 aromatic heterocycles. The molecule has 0 fully saturated rings. The van der Waals surface area contributed by atoms with Crippen LogP contribution in [0.5, 0.6) is 0 Å². The highest BCUT2D eigenvalue weighted by atomic mass is 15.1. The van der Waals surface area contributed by atoms with Crippen molar-refractivity contribution in [2.24, 2.45) is 4.99 Å². The lowest BCUT2D eigenvalue weighted by atomic mass is 10.1. The fraction of sp³-hybridized carbons (Fsp3) is 0.300. The first-order valence-corrected chi connectivity index (χ1v) is 4.04. The third kappa shape index (κ3) is 1.64. The Morgan fingerprint density at radius 2 is 2.25 bits per heavy atom. The van der Waals surface area contributed by atoms with Gasteiger partial charge in [0.25, 0.3) is 0 Å². The predicted molar refractivity (Wildman–Crippen MR) is 53.4 cm³/mol.